The average Bonchev–Trinajstić information content (AvgIpc) is 2.28. The molecule has 0 radical (unpaired) electrons. The van der Waals surface area contributed by atoms with E-state index in [2.05, 4.69) is 5.16 Å². The first-order valence-corrected chi connectivity index (χ1v) is 4.80. The average molecular weight is 222 g/mol. The lowest BCUT2D eigenvalue weighted by Crippen LogP contribution is -2.31. The molecule has 1 atom stereocenters. The van der Waals surface area contributed by atoms with Crippen molar-refractivity contribution < 1.29 is 14.7 Å². The van der Waals surface area contributed by atoms with Crippen LogP contribution in [0.2, 0.25) is 0 Å². The van der Waals surface area contributed by atoms with Crippen molar-refractivity contribution in [2.45, 2.75) is 20.0 Å². The maximum atomic E-state index is 10.9. The molecule has 5 nitrogen and oxygen atoms in total. The number of primary amides is 1. The van der Waals surface area contributed by atoms with E-state index in [9.17, 15) is 4.79 Å². The highest BCUT2D eigenvalue weighted by Gasteiger charge is 2.13. The molecule has 0 aliphatic heterocycles. The Bertz CT molecular complexity index is 415. The van der Waals surface area contributed by atoms with Crippen molar-refractivity contribution in [1.29, 1.82) is 0 Å². The van der Waals surface area contributed by atoms with Crippen LogP contribution in [-0.2, 0) is 4.79 Å². The minimum absolute atomic E-state index is 0.410. The quantitative estimate of drug-likeness (QED) is 0.455. The highest BCUT2D eigenvalue weighted by molar-refractivity contribution is 6.00. The van der Waals surface area contributed by atoms with E-state index >= 15 is 0 Å². The predicted molar refractivity (Wildman–Crippen MR) is 59.7 cm³/mol. The molecule has 1 amide bonds. The van der Waals surface area contributed by atoms with E-state index in [0.717, 1.165) is 0 Å². The molecule has 0 aromatic heterocycles. The number of rotatable bonds is 4. The molecule has 0 saturated heterocycles. The molecular formula is C11H14N2O3. The standard InChI is InChI=1S/C11H14N2O3/c1-7(13-15)9-5-3-4-6-10(9)16-8(2)11(12)14/h3-6,8,15H,1-2H3,(H2,12,14)/b13-7+. The molecule has 0 spiro atoms. The Morgan fingerprint density at radius 3 is 2.69 bits per heavy atom. The number of para-hydroxylation sites is 1. The zero-order valence-corrected chi connectivity index (χ0v) is 9.18. The lowest BCUT2D eigenvalue weighted by Gasteiger charge is -2.14. The number of ether oxygens (including phenoxy) is 1. The van der Waals surface area contributed by atoms with E-state index in [1.54, 1.807) is 38.1 Å². The molecule has 0 fully saturated rings. The summed E-state index contributed by atoms with van der Waals surface area (Å²) in [4.78, 5) is 10.9. The van der Waals surface area contributed by atoms with Crippen LogP contribution in [0.3, 0.4) is 0 Å². The van der Waals surface area contributed by atoms with E-state index in [0.29, 0.717) is 17.0 Å². The van der Waals surface area contributed by atoms with Crippen molar-refractivity contribution in [3.05, 3.63) is 29.8 Å². The lowest BCUT2D eigenvalue weighted by molar-refractivity contribution is -0.123. The van der Waals surface area contributed by atoms with Crippen molar-refractivity contribution in [2.75, 3.05) is 0 Å². The second-order valence-corrected chi connectivity index (χ2v) is 3.34. The fraction of sp³-hybridized carbons (Fsp3) is 0.273. The smallest absolute Gasteiger partial charge is 0.258 e. The third kappa shape index (κ3) is 2.73. The van der Waals surface area contributed by atoms with Crippen LogP contribution in [0.5, 0.6) is 5.75 Å². The summed E-state index contributed by atoms with van der Waals surface area (Å²) in [7, 11) is 0. The van der Waals surface area contributed by atoms with E-state index in [4.69, 9.17) is 15.7 Å². The van der Waals surface area contributed by atoms with E-state index in [1.165, 1.54) is 0 Å². The number of nitrogens with two attached hydrogens (primary N) is 1. The van der Waals surface area contributed by atoms with Gasteiger partial charge in [0.1, 0.15) is 5.75 Å². The number of nitrogens with zero attached hydrogens (tertiary/aromatic N) is 1. The number of carbonyl (C=O) groups is 1. The second-order valence-electron chi connectivity index (χ2n) is 3.34. The van der Waals surface area contributed by atoms with Crippen LogP contribution < -0.4 is 10.5 Å². The summed E-state index contributed by atoms with van der Waals surface area (Å²) >= 11 is 0. The van der Waals surface area contributed by atoms with Crippen LogP contribution in [0, 0.1) is 0 Å². The van der Waals surface area contributed by atoms with Crippen molar-refractivity contribution in [1.82, 2.24) is 0 Å². The molecule has 0 saturated carbocycles. The fourth-order valence-corrected chi connectivity index (χ4v) is 1.17. The highest BCUT2D eigenvalue weighted by atomic mass is 16.5. The second kappa shape index (κ2) is 5.16. The van der Waals surface area contributed by atoms with Gasteiger partial charge in [-0.15, -0.1) is 0 Å². The zero-order chi connectivity index (χ0) is 12.1. The minimum atomic E-state index is -0.729. The molecule has 1 aromatic rings. The first-order chi connectivity index (χ1) is 7.56. The highest BCUT2D eigenvalue weighted by Crippen LogP contribution is 2.20. The van der Waals surface area contributed by atoms with Crippen molar-refractivity contribution in [2.24, 2.45) is 10.9 Å². The number of carbonyl (C=O) groups excluding carboxylic acids is 1. The van der Waals surface area contributed by atoms with Crippen LogP contribution in [0.15, 0.2) is 29.4 Å². The Kier molecular flexibility index (Phi) is 3.88. The molecule has 0 aliphatic rings. The monoisotopic (exact) mass is 222 g/mol. The lowest BCUT2D eigenvalue weighted by atomic mass is 10.1. The number of hydrogen-bond donors (Lipinski definition) is 2. The fourth-order valence-electron chi connectivity index (χ4n) is 1.17. The largest absolute Gasteiger partial charge is 0.480 e. The molecule has 1 aromatic carbocycles. The Labute approximate surface area is 93.5 Å². The first-order valence-electron chi connectivity index (χ1n) is 4.80. The van der Waals surface area contributed by atoms with Crippen LogP contribution in [0.25, 0.3) is 0 Å². The number of amides is 1. The number of hydrogen-bond acceptors (Lipinski definition) is 4. The van der Waals surface area contributed by atoms with Crippen molar-refractivity contribution >= 4 is 11.6 Å². The van der Waals surface area contributed by atoms with Gasteiger partial charge in [0.15, 0.2) is 6.10 Å². The maximum absolute atomic E-state index is 10.9. The summed E-state index contributed by atoms with van der Waals surface area (Å²) in [6.07, 6.45) is -0.729. The first kappa shape index (κ1) is 12.0. The normalized spacial score (nSPS) is 13.2. The van der Waals surface area contributed by atoms with Gasteiger partial charge in [0.2, 0.25) is 0 Å². The number of benzene rings is 1. The molecule has 1 rings (SSSR count). The molecule has 1 unspecified atom stereocenters. The van der Waals surface area contributed by atoms with Gasteiger partial charge in [-0.3, -0.25) is 4.79 Å². The van der Waals surface area contributed by atoms with Crippen molar-refractivity contribution in [3.63, 3.8) is 0 Å². The summed E-state index contributed by atoms with van der Waals surface area (Å²) < 4.78 is 5.36. The summed E-state index contributed by atoms with van der Waals surface area (Å²) in [6.45, 7) is 3.20. The Morgan fingerprint density at radius 1 is 1.50 bits per heavy atom. The van der Waals surface area contributed by atoms with Gasteiger partial charge < -0.3 is 15.7 Å². The van der Waals surface area contributed by atoms with Crippen LogP contribution in [-0.4, -0.2) is 22.9 Å². The molecular weight excluding hydrogens is 208 g/mol. The van der Waals surface area contributed by atoms with Gasteiger partial charge in [-0.2, -0.15) is 0 Å². The van der Waals surface area contributed by atoms with E-state index in [1.807, 2.05) is 0 Å². The third-order valence-corrected chi connectivity index (χ3v) is 2.13. The van der Waals surface area contributed by atoms with Crippen LogP contribution in [0.1, 0.15) is 19.4 Å². The van der Waals surface area contributed by atoms with Gasteiger partial charge in [0.05, 0.1) is 5.71 Å². The Balaban J connectivity index is 3.00. The molecule has 5 heteroatoms. The van der Waals surface area contributed by atoms with Gasteiger partial charge in [-0.1, -0.05) is 17.3 Å². The third-order valence-electron chi connectivity index (χ3n) is 2.13. The van der Waals surface area contributed by atoms with Gasteiger partial charge >= 0.3 is 0 Å². The van der Waals surface area contributed by atoms with Gasteiger partial charge in [0, 0.05) is 5.56 Å². The van der Waals surface area contributed by atoms with Crippen molar-refractivity contribution in [3.8, 4) is 5.75 Å². The Morgan fingerprint density at radius 2 is 2.12 bits per heavy atom. The summed E-state index contributed by atoms with van der Waals surface area (Å²) in [5.74, 6) is -0.0857. The van der Waals surface area contributed by atoms with E-state index in [-0.39, 0.29) is 0 Å². The van der Waals surface area contributed by atoms with E-state index < -0.39 is 12.0 Å². The molecule has 0 aliphatic carbocycles. The SMILES string of the molecule is C/C(=N\O)c1ccccc1OC(C)C(N)=O. The Hall–Kier alpha value is -2.04. The van der Waals surface area contributed by atoms with Gasteiger partial charge in [0.25, 0.3) is 5.91 Å². The van der Waals surface area contributed by atoms with Gasteiger partial charge in [-0.25, -0.2) is 0 Å². The summed E-state index contributed by atoms with van der Waals surface area (Å²) in [6, 6.07) is 6.96. The molecule has 16 heavy (non-hydrogen) atoms. The maximum Gasteiger partial charge on any atom is 0.258 e. The number of oxime groups is 1. The topological polar surface area (TPSA) is 84.9 Å². The van der Waals surface area contributed by atoms with Crippen LogP contribution in [0.4, 0.5) is 0 Å². The molecule has 3 N–H and O–H groups in total. The molecule has 0 heterocycles. The molecule has 86 valence electrons. The van der Waals surface area contributed by atoms with Crippen LogP contribution >= 0.6 is 0 Å². The van der Waals surface area contributed by atoms with Gasteiger partial charge in [-0.05, 0) is 26.0 Å². The summed E-state index contributed by atoms with van der Waals surface area (Å²) in [5.41, 5.74) is 6.13. The molecule has 0 bridgehead atoms. The zero-order valence-electron chi connectivity index (χ0n) is 9.18. The minimum Gasteiger partial charge on any atom is -0.480 e. The predicted octanol–water partition coefficient (Wildman–Crippen LogP) is 1.14. The summed E-state index contributed by atoms with van der Waals surface area (Å²) in [5, 5.41) is 11.8.